The van der Waals surface area contributed by atoms with Crippen molar-refractivity contribution in [2.24, 2.45) is 0 Å². The van der Waals surface area contributed by atoms with Crippen LogP contribution in [-0.2, 0) is 0 Å². The van der Waals surface area contributed by atoms with Gasteiger partial charge in [-0.2, -0.15) is 0 Å². The van der Waals surface area contributed by atoms with Crippen molar-refractivity contribution in [1.82, 2.24) is 5.32 Å². The van der Waals surface area contributed by atoms with Crippen LogP contribution < -0.4 is 10.6 Å². The summed E-state index contributed by atoms with van der Waals surface area (Å²) in [6, 6.07) is 15.9. The summed E-state index contributed by atoms with van der Waals surface area (Å²) >= 11 is 0. The number of anilines is 1. The minimum Gasteiger partial charge on any atom is -0.384 e. The van der Waals surface area contributed by atoms with Crippen LogP contribution in [0.15, 0.2) is 48.5 Å². The summed E-state index contributed by atoms with van der Waals surface area (Å²) in [5.41, 5.74) is 4.08. The molecule has 0 aliphatic carbocycles. The normalized spacial score (nSPS) is 10.2. The lowest BCUT2D eigenvalue weighted by atomic mass is 10.0. The van der Waals surface area contributed by atoms with Crippen LogP contribution in [0.1, 0.15) is 10.4 Å². The quantitative estimate of drug-likeness (QED) is 0.615. The van der Waals surface area contributed by atoms with Gasteiger partial charge in [-0.05, 0) is 30.3 Å². The van der Waals surface area contributed by atoms with Gasteiger partial charge in [0.05, 0.1) is 0 Å². The number of carbonyl (C=O) groups excluding carboxylic acids is 1. The molecule has 0 spiro atoms. The SMILES string of the molecule is CNCCNc1ccc(-c2ccc(C=O)cc2)cc1. The van der Waals surface area contributed by atoms with Gasteiger partial charge in [0.25, 0.3) is 0 Å². The van der Waals surface area contributed by atoms with Crippen molar-refractivity contribution in [1.29, 1.82) is 0 Å². The molecule has 0 heterocycles. The molecule has 0 radical (unpaired) electrons. The average molecular weight is 254 g/mol. The zero-order chi connectivity index (χ0) is 13.5. The Morgan fingerprint density at radius 3 is 2.00 bits per heavy atom. The van der Waals surface area contributed by atoms with Crippen molar-refractivity contribution in [3.05, 3.63) is 54.1 Å². The Kier molecular flexibility index (Phi) is 4.70. The van der Waals surface area contributed by atoms with Gasteiger partial charge in [-0.15, -0.1) is 0 Å². The molecule has 98 valence electrons. The molecular formula is C16H18N2O. The van der Waals surface area contributed by atoms with Gasteiger partial charge in [0.2, 0.25) is 0 Å². The maximum absolute atomic E-state index is 10.6. The molecule has 0 aliphatic heterocycles. The molecule has 0 saturated heterocycles. The highest BCUT2D eigenvalue weighted by molar-refractivity contribution is 5.77. The van der Waals surface area contributed by atoms with Gasteiger partial charge in [-0.25, -0.2) is 0 Å². The summed E-state index contributed by atoms with van der Waals surface area (Å²) in [6.45, 7) is 1.85. The third kappa shape index (κ3) is 3.66. The third-order valence-corrected chi connectivity index (χ3v) is 2.97. The second kappa shape index (κ2) is 6.71. The van der Waals surface area contributed by atoms with E-state index in [1.54, 1.807) is 0 Å². The number of hydrogen-bond donors (Lipinski definition) is 2. The topological polar surface area (TPSA) is 41.1 Å². The van der Waals surface area contributed by atoms with Crippen molar-refractivity contribution in [3.63, 3.8) is 0 Å². The molecular weight excluding hydrogens is 236 g/mol. The van der Waals surface area contributed by atoms with Gasteiger partial charge in [0, 0.05) is 24.3 Å². The van der Waals surface area contributed by atoms with E-state index >= 15 is 0 Å². The first-order valence-corrected chi connectivity index (χ1v) is 6.37. The molecule has 0 bridgehead atoms. The predicted molar refractivity (Wildman–Crippen MR) is 79.7 cm³/mol. The largest absolute Gasteiger partial charge is 0.384 e. The highest BCUT2D eigenvalue weighted by Crippen LogP contribution is 2.21. The number of carbonyl (C=O) groups is 1. The molecule has 2 aromatic rings. The molecule has 2 aromatic carbocycles. The summed E-state index contributed by atoms with van der Waals surface area (Å²) in [7, 11) is 1.94. The summed E-state index contributed by atoms with van der Waals surface area (Å²) in [4.78, 5) is 10.6. The van der Waals surface area contributed by atoms with E-state index < -0.39 is 0 Å². The maximum Gasteiger partial charge on any atom is 0.150 e. The minimum atomic E-state index is 0.703. The van der Waals surface area contributed by atoms with Crippen LogP contribution in [0.4, 0.5) is 5.69 Å². The van der Waals surface area contributed by atoms with Crippen LogP contribution in [0, 0.1) is 0 Å². The summed E-state index contributed by atoms with van der Waals surface area (Å²) in [5, 5.41) is 6.43. The van der Waals surface area contributed by atoms with E-state index in [9.17, 15) is 4.79 Å². The predicted octanol–water partition coefficient (Wildman–Crippen LogP) is 2.80. The van der Waals surface area contributed by atoms with Crippen LogP contribution in [0.2, 0.25) is 0 Å². The monoisotopic (exact) mass is 254 g/mol. The lowest BCUT2D eigenvalue weighted by Crippen LogP contribution is -2.17. The van der Waals surface area contributed by atoms with E-state index in [0.717, 1.165) is 36.2 Å². The van der Waals surface area contributed by atoms with Crippen molar-refractivity contribution < 1.29 is 4.79 Å². The average Bonchev–Trinajstić information content (AvgIpc) is 2.48. The Labute approximate surface area is 113 Å². The van der Waals surface area contributed by atoms with Crippen molar-refractivity contribution in [2.45, 2.75) is 0 Å². The minimum absolute atomic E-state index is 0.703. The molecule has 19 heavy (non-hydrogen) atoms. The van der Waals surface area contributed by atoms with Crippen LogP contribution in [0.3, 0.4) is 0 Å². The van der Waals surface area contributed by atoms with E-state index in [1.165, 1.54) is 0 Å². The zero-order valence-corrected chi connectivity index (χ0v) is 11.0. The molecule has 0 fully saturated rings. The van der Waals surface area contributed by atoms with Gasteiger partial charge >= 0.3 is 0 Å². The molecule has 0 amide bonds. The number of nitrogens with one attached hydrogen (secondary N) is 2. The smallest absolute Gasteiger partial charge is 0.150 e. The fourth-order valence-corrected chi connectivity index (χ4v) is 1.87. The van der Waals surface area contributed by atoms with Gasteiger partial charge in [0.1, 0.15) is 6.29 Å². The van der Waals surface area contributed by atoms with Gasteiger partial charge < -0.3 is 10.6 Å². The lowest BCUT2D eigenvalue weighted by molar-refractivity contribution is 0.112. The number of aldehydes is 1. The molecule has 2 N–H and O–H groups in total. The van der Waals surface area contributed by atoms with E-state index in [0.29, 0.717) is 5.56 Å². The number of rotatable bonds is 6. The van der Waals surface area contributed by atoms with E-state index in [2.05, 4.69) is 34.9 Å². The first-order valence-electron chi connectivity index (χ1n) is 6.37. The fraction of sp³-hybridized carbons (Fsp3) is 0.188. The van der Waals surface area contributed by atoms with E-state index in [4.69, 9.17) is 0 Å². The summed E-state index contributed by atoms with van der Waals surface area (Å²) in [5.74, 6) is 0. The first-order chi connectivity index (χ1) is 9.33. The molecule has 0 aromatic heterocycles. The van der Waals surface area contributed by atoms with Crippen LogP contribution in [0.25, 0.3) is 11.1 Å². The molecule has 0 atom stereocenters. The first kappa shape index (κ1) is 13.3. The molecule has 0 saturated carbocycles. The molecule has 3 nitrogen and oxygen atoms in total. The molecule has 2 rings (SSSR count). The zero-order valence-electron chi connectivity index (χ0n) is 11.0. The van der Waals surface area contributed by atoms with E-state index in [-0.39, 0.29) is 0 Å². The Balaban J connectivity index is 2.06. The van der Waals surface area contributed by atoms with Crippen molar-refractivity contribution in [3.8, 4) is 11.1 Å². The Morgan fingerprint density at radius 1 is 0.895 bits per heavy atom. The number of hydrogen-bond acceptors (Lipinski definition) is 3. The number of likely N-dealkylation sites (N-methyl/N-ethyl adjacent to an activating group) is 1. The van der Waals surface area contributed by atoms with Crippen molar-refractivity contribution in [2.75, 3.05) is 25.5 Å². The van der Waals surface area contributed by atoms with Crippen molar-refractivity contribution >= 4 is 12.0 Å². The Hall–Kier alpha value is -2.13. The molecule has 3 heteroatoms. The van der Waals surface area contributed by atoms with Crippen LogP contribution >= 0.6 is 0 Å². The van der Waals surface area contributed by atoms with Gasteiger partial charge in [-0.1, -0.05) is 36.4 Å². The highest BCUT2D eigenvalue weighted by atomic mass is 16.1. The number of benzene rings is 2. The van der Waals surface area contributed by atoms with Gasteiger partial charge in [-0.3, -0.25) is 4.79 Å². The van der Waals surface area contributed by atoms with E-state index in [1.807, 2.05) is 31.3 Å². The molecule has 0 unspecified atom stereocenters. The van der Waals surface area contributed by atoms with Crippen LogP contribution in [0.5, 0.6) is 0 Å². The Morgan fingerprint density at radius 2 is 1.47 bits per heavy atom. The van der Waals surface area contributed by atoms with Gasteiger partial charge in [0.15, 0.2) is 0 Å². The fourth-order valence-electron chi connectivity index (χ4n) is 1.87. The summed E-state index contributed by atoms with van der Waals surface area (Å²) < 4.78 is 0. The second-order valence-electron chi connectivity index (χ2n) is 4.35. The Bertz CT molecular complexity index is 517. The lowest BCUT2D eigenvalue weighted by Gasteiger charge is -2.07. The highest BCUT2D eigenvalue weighted by Gasteiger charge is 1.98. The molecule has 0 aliphatic rings. The van der Waals surface area contributed by atoms with Crippen LogP contribution in [-0.4, -0.2) is 26.4 Å². The second-order valence-corrected chi connectivity index (χ2v) is 4.35. The third-order valence-electron chi connectivity index (χ3n) is 2.97. The standard InChI is InChI=1S/C16H18N2O/c1-17-10-11-18-16-8-6-15(7-9-16)14-4-2-13(12-19)3-5-14/h2-9,12,17-18H,10-11H2,1H3. The summed E-state index contributed by atoms with van der Waals surface area (Å²) in [6.07, 6.45) is 0.860. The maximum atomic E-state index is 10.6.